The molecule has 1 aliphatic carbocycles. The molecule has 30 heavy (non-hydrogen) atoms. The van der Waals surface area contributed by atoms with E-state index in [1.165, 1.54) is 6.07 Å². The Morgan fingerprint density at radius 2 is 1.83 bits per heavy atom. The summed E-state index contributed by atoms with van der Waals surface area (Å²) in [6.45, 7) is 0. The van der Waals surface area contributed by atoms with Crippen molar-refractivity contribution >= 4 is 16.8 Å². The molecule has 3 aromatic rings. The topological polar surface area (TPSA) is 64.0 Å². The van der Waals surface area contributed by atoms with E-state index in [9.17, 15) is 31.5 Å². The third kappa shape index (κ3) is 3.89. The number of nitrogens with one attached hydrogen (secondary N) is 1. The van der Waals surface area contributed by atoms with E-state index in [-0.39, 0.29) is 34.6 Å². The minimum Gasteiger partial charge on any atom is -0.273 e. The molecule has 156 valence electrons. The zero-order valence-electron chi connectivity index (χ0n) is 15.3. The number of hydrogen-bond acceptors (Lipinski definition) is 3. The molecule has 0 aliphatic heterocycles. The summed E-state index contributed by atoms with van der Waals surface area (Å²) in [4.78, 5) is 29.4. The molecule has 4 rings (SSSR count). The first-order valence-corrected chi connectivity index (χ1v) is 9.01. The van der Waals surface area contributed by atoms with Crippen molar-refractivity contribution < 1.29 is 26.7 Å². The van der Waals surface area contributed by atoms with Crippen molar-refractivity contribution in [3.05, 3.63) is 75.3 Å². The second-order valence-electron chi connectivity index (χ2n) is 7.07. The molecule has 1 N–H and O–H groups in total. The largest absolute Gasteiger partial charge is 0.416 e. The summed E-state index contributed by atoms with van der Waals surface area (Å²) in [6, 6.07) is 5.58. The lowest BCUT2D eigenvalue weighted by Gasteiger charge is -2.15. The van der Waals surface area contributed by atoms with Crippen LogP contribution in [0.4, 0.5) is 22.0 Å². The number of nitrogens with zero attached hydrogens (tertiary/aromatic N) is 2. The van der Waals surface area contributed by atoms with Gasteiger partial charge < -0.3 is 0 Å². The van der Waals surface area contributed by atoms with Crippen molar-refractivity contribution in [2.45, 2.75) is 31.4 Å². The fourth-order valence-corrected chi connectivity index (χ4v) is 3.10. The van der Waals surface area contributed by atoms with Crippen molar-refractivity contribution in [1.82, 2.24) is 9.66 Å². The Bertz CT molecular complexity index is 1220. The number of carbonyl (C=O) groups is 1. The fraction of sp³-hybridized carbons (Fsp3) is 0.250. The number of halogens is 5. The summed E-state index contributed by atoms with van der Waals surface area (Å²) in [7, 11) is 0. The van der Waals surface area contributed by atoms with Crippen LogP contribution in [0.5, 0.6) is 0 Å². The lowest BCUT2D eigenvalue weighted by Crippen LogP contribution is -2.37. The maximum Gasteiger partial charge on any atom is 0.416 e. The van der Waals surface area contributed by atoms with Gasteiger partial charge in [-0.15, -0.1) is 0 Å². The molecule has 1 saturated carbocycles. The lowest BCUT2D eigenvalue weighted by molar-refractivity contribution is -0.137. The van der Waals surface area contributed by atoms with Gasteiger partial charge in [0.2, 0.25) is 5.91 Å². The zero-order valence-corrected chi connectivity index (χ0v) is 15.3. The van der Waals surface area contributed by atoms with Crippen LogP contribution in [-0.2, 0) is 17.4 Å². The van der Waals surface area contributed by atoms with E-state index in [4.69, 9.17) is 0 Å². The zero-order chi connectivity index (χ0) is 21.6. The first-order valence-electron chi connectivity index (χ1n) is 9.01. The summed E-state index contributed by atoms with van der Waals surface area (Å²) in [5.41, 5.74) is 0.826. The van der Waals surface area contributed by atoms with Crippen LogP contribution in [-0.4, -0.2) is 15.6 Å². The predicted octanol–water partition coefficient (Wildman–Crippen LogP) is 3.88. The Labute approximate surface area is 166 Å². The van der Waals surface area contributed by atoms with Crippen LogP contribution in [0.15, 0.2) is 41.2 Å². The molecule has 0 unspecified atom stereocenters. The van der Waals surface area contributed by atoms with Crippen LogP contribution in [0.25, 0.3) is 10.9 Å². The Hall–Kier alpha value is -3.30. The van der Waals surface area contributed by atoms with Gasteiger partial charge in [-0.3, -0.25) is 15.0 Å². The SMILES string of the molecule is O=C(Cc1ccc(F)c(F)c1)Nn1c(C2CC2)nc2cc(C(F)(F)F)ccc2c1=O. The molecule has 0 bridgehead atoms. The Kier molecular flexibility index (Phi) is 4.79. The highest BCUT2D eigenvalue weighted by atomic mass is 19.4. The fourth-order valence-electron chi connectivity index (χ4n) is 3.10. The van der Waals surface area contributed by atoms with Gasteiger partial charge in [0.25, 0.3) is 5.56 Å². The van der Waals surface area contributed by atoms with Gasteiger partial charge in [-0.2, -0.15) is 13.2 Å². The number of amides is 1. The molecule has 2 aromatic carbocycles. The van der Waals surface area contributed by atoms with E-state index in [2.05, 4.69) is 10.4 Å². The molecule has 10 heteroatoms. The van der Waals surface area contributed by atoms with E-state index in [0.717, 1.165) is 35.0 Å². The van der Waals surface area contributed by atoms with Crippen molar-refractivity contribution in [2.24, 2.45) is 0 Å². The minimum atomic E-state index is -4.58. The van der Waals surface area contributed by atoms with E-state index >= 15 is 0 Å². The van der Waals surface area contributed by atoms with Gasteiger partial charge in [-0.05, 0) is 48.7 Å². The van der Waals surface area contributed by atoms with Crippen molar-refractivity contribution in [2.75, 3.05) is 5.43 Å². The molecule has 1 heterocycles. The summed E-state index contributed by atoms with van der Waals surface area (Å²) in [5, 5.41) is -0.0828. The maximum absolute atomic E-state index is 13.3. The monoisotopic (exact) mass is 423 g/mol. The van der Waals surface area contributed by atoms with Gasteiger partial charge in [0.05, 0.1) is 22.9 Å². The number of aromatic nitrogens is 2. The molecule has 0 saturated heterocycles. The number of hydrogen-bond donors (Lipinski definition) is 1. The van der Waals surface area contributed by atoms with E-state index in [0.29, 0.717) is 12.8 Å². The molecule has 1 aliphatic rings. The third-order valence-corrected chi connectivity index (χ3v) is 4.75. The van der Waals surface area contributed by atoms with Gasteiger partial charge in [-0.1, -0.05) is 6.07 Å². The molecular formula is C20H14F5N3O2. The predicted molar refractivity (Wildman–Crippen MR) is 97.4 cm³/mol. The third-order valence-electron chi connectivity index (χ3n) is 4.75. The van der Waals surface area contributed by atoms with Crippen LogP contribution >= 0.6 is 0 Å². The van der Waals surface area contributed by atoms with Crippen LogP contribution in [0.2, 0.25) is 0 Å². The molecule has 0 radical (unpaired) electrons. The molecule has 5 nitrogen and oxygen atoms in total. The normalized spacial score (nSPS) is 14.2. The average Bonchev–Trinajstić information content (AvgIpc) is 3.51. The summed E-state index contributed by atoms with van der Waals surface area (Å²) >= 11 is 0. The molecule has 0 atom stereocenters. The van der Waals surface area contributed by atoms with Gasteiger partial charge in [0.15, 0.2) is 11.6 Å². The molecular weight excluding hydrogens is 409 g/mol. The Morgan fingerprint density at radius 3 is 2.47 bits per heavy atom. The van der Waals surface area contributed by atoms with Crippen LogP contribution in [0.1, 0.15) is 35.7 Å². The van der Waals surface area contributed by atoms with Crippen molar-refractivity contribution in [3.8, 4) is 0 Å². The first kappa shape index (κ1) is 20.0. The molecule has 1 amide bonds. The Morgan fingerprint density at radius 1 is 1.10 bits per heavy atom. The first-order chi connectivity index (χ1) is 14.1. The molecule has 0 spiro atoms. The second-order valence-corrected chi connectivity index (χ2v) is 7.07. The number of fused-ring (bicyclic) bond motifs is 1. The van der Waals surface area contributed by atoms with E-state index in [1.807, 2.05) is 0 Å². The highest BCUT2D eigenvalue weighted by molar-refractivity contribution is 5.86. The Balaban J connectivity index is 1.70. The maximum atomic E-state index is 13.3. The van der Waals surface area contributed by atoms with Gasteiger partial charge in [-0.25, -0.2) is 18.4 Å². The number of benzene rings is 2. The van der Waals surface area contributed by atoms with Gasteiger partial charge >= 0.3 is 6.18 Å². The van der Waals surface area contributed by atoms with E-state index in [1.54, 1.807) is 0 Å². The van der Waals surface area contributed by atoms with Crippen molar-refractivity contribution in [1.29, 1.82) is 0 Å². The smallest absolute Gasteiger partial charge is 0.273 e. The number of rotatable bonds is 4. The van der Waals surface area contributed by atoms with Crippen LogP contribution in [0.3, 0.4) is 0 Å². The lowest BCUT2D eigenvalue weighted by atomic mass is 10.1. The summed E-state index contributed by atoms with van der Waals surface area (Å²) in [6.07, 6.45) is -3.56. The molecule has 1 aromatic heterocycles. The quantitative estimate of drug-likeness (QED) is 0.648. The summed E-state index contributed by atoms with van der Waals surface area (Å²) < 4.78 is 66.2. The highest BCUT2D eigenvalue weighted by Gasteiger charge is 2.33. The van der Waals surface area contributed by atoms with Gasteiger partial charge in [0, 0.05) is 5.92 Å². The standard InChI is InChI=1S/C20H14F5N3O2/c21-14-6-1-10(7-15(14)22)8-17(29)27-28-18(11-2-3-11)26-16-9-12(20(23,24)25)4-5-13(16)19(28)30/h1,4-7,9,11H,2-3,8H2,(H,27,29). The number of carbonyl (C=O) groups excluding carboxylic acids is 1. The minimum absolute atomic E-state index is 0.0828. The van der Waals surface area contributed by atoms with Crippen LogP contribution < -0.4 is 11.0 Å². The summed E-state index contributed by atoms with van der Waals surface area (Å²) in [5.74, 6) is -2.85. The number of alkyl halides is 3. The van der Waals surface area contributed by atoms with Crippen LogP contribution in [0, 0.1) is 11.6 Å². The van der Waals surface area contributed by atoms with E-state index < -0.39 is 34.8 Å². The molecule has 1 fully saturated rings. The average molecular weight is 423 g/mol. The van der Waals surface area contributed by atoms with Crippen molar-refractivity contribution in [3.63, 3.8) is 0 Å². The van der Waals surface area contributed by atoms with Gasteiger partial charge in [0.1, 0.15) is 5.82 Å². The highest BCUT2D eigenvalue weighted by Crippen LogP contribution is 2.39. The second kappa shape index (κ2) is 7.19.